The summed E-state index contributed by atoms with van der Waals surface area (Å²) in [5.41, 5.74) is 3.15. The molecular weight excluding hydrogens is 202 g/mol. The molecule has 2 heterocycles. The first kappa shape index (κ1) is 10.8. The molecule has 0 spiro atoms. The molecule has 0 fully saturated rings. The minimum Gasteiger partial charge on any atom is -0.308 e. The third-order valence-corrected chi connectivity index (χ3v) is 2.60. The van der Waals surface area contributed by atoms with Crippen molar-refractivity contribution in [2.75, 3.05) is 7.05 Å². The van der Waals surface area contributed by atoms with Gasteiger partial charge in [0.25, 0.3) is 0 Å². The van der Waals surface area contributed by atoms with E-state index in [1.165, 1.54) is 0 Å². The highest BCUT2D eigenvalue weighted by atomic mass is 15.4. The first-order chi connectivity index (χ1) is 7.72. The van der Waals surface area contributed by atoms with Crippen LogP contribution in [0.5, 0.6) is 0 Å². The fourth-order valence-electron chi connectivity index (χ4n) is 1.69. The molecule has 2 aromatic heterocycles. The van der Waals surface area contributed by atoms with E-state index >= 15 is 0 Å². The van der Waals surface area contributed by atoms with Crippen molar-refractivity contribution in [1.82, 2.24) is 25.3 Å². The number of rotatable bonds is 3. The molecular formula is C11H15N5. The van der Waals surface area contributed by atoms with Crippen molar-refractivity contribution in [1.29, 1.82) is 0 Å². The van der Waals surface area contributed by atoms with E-state index in [1.54, 1.807) is 10.9 Å². The third-order valence-electron chi connectivity index (χ3n) is 2.60. The Bertz CT molecular complexity index is 459. The van der Waals surface area contributed by atoms with Gasteiger partial charge in [-0.3, -0.25) is 9.67 Å². The number of nitrogens with one attached hydrogen (secondary N) is 1. The van der Waals surface area contributed by atoms with E-state index in [9.17, 15) is 0 Å². The standard InChI is InChI=1S/C11H15N5/c1-8-4-5-9(6-13-8)11(12-2)10-7-14-15-16(10)3/h4-7,11-12H,1-3H3. The minimum absolute atomic E-state index is 0.0769. The Morgan fingerprint density at radius 2 is 2.12 bits per heavy atom. The summed E-state index contributed by atoms with van der Waals surface area (Å²) in [4.78, 5) is 4.30. The van der Waals surface area contributed by atoms with Gasteiger partial charge >= 0.3 is 0 Å². The van der Waals surface area contributed by atoms with Crippen molar-refractivity contribution in [3.05, 3.63) is 41.5 Å². The quantitative estimate of drug-likeness (QED) is 0.827. The predicted molar refractivity (Wildman–Crippen MR) is 60.9 cm³/mol. The summed E-state index contributed by atoms with van der Waals surface area (Å²) in [5, 5.41) is 11.1. The summed E-state index contributed by atoms with van der Waals surface area (Å²) in [7, 11) is 3.80. The molecule has 0 aliphatic heterocycles. The van der Waals surface area contributed by atoms with E-state index in [4.69, 9.17) is 0 Å². The Kier molecular flexibility index (Phi) is 2.96. The Morgan fingerprint density at radius 1 is 1.31 bits per heavy atom. The Balaban J connectivity index is 2.37. The zero-order chi connectivity index (χ0) is 11.5. The van der Waals surface area contributed by atoms with Gasteiger partial charge in [-0.25, -0.2) is 0 Å². The fraction of sp³-hybridized carbons (Fsp3) is 0.364. The van der Waals surface area contributed by atoms with E-state index in [0.29, 0.717) is 0 Å². The highest BCUT2D eigenvalue weighted by Crippen LogP contribution is 2.19. The monoisotopic (exact) mass is 217 g/mol. The van der Waals surface area contributed by atoms with Crippen molar-refractivity contribution in [3.8, 4) is 0 Å². The average Bonchev–Trinajstić information content (AvgIpc) is 2.69. The molecule has 2 aromatic rings. The Hall–Kier alpha value is -1.75. The van der Waals surface area contributed by atoms with Gasteiger partial charge in [-0.15, -0.1) is 5.10 Å². The summed E-state index contributed by atoms with van der Waals surface area (Å²) >= 11 is 0. The zero-order valence-electron chi connectivity index (χ0n) is 9.68. The smallest absolute Gasteiger partial charge is 0.0799 e. The van der Waals surface area contributed by atoms with Crippen molar-refractivity contribution < 1.29 is 0 Å². The molecule has 0 aliphatic rings. The maximum absolute atomic E-state index is 4.30. The molecule has 84 valence electrons. The Labute approximate surface area is 94.5 Å². The number of hydrogen-bond donors (Lipinski definition) is 1. The summed E-state index contributed by atoms with van der Waals surface area (Å²) in [6.07, 6.45) is 3.64. The number of aryl methyl sites for hydroxylation is 2. The maximum Gasteiger partial charge on any atom is 0.0799 e. The second-order valence-electron chi connectivity index (χ2n) is 3.74. The van der Waals surface area contributed by atoms with Gasteiger partial charge in [0.1, 0.15) is 0 Å². The van der Waals surface area contributed by atoms with Gasteiger partial charge in [-0.05, 0) is 25.6 Å². The summed E-state index contributed by atoms with van der Waals surface area (Å²) in [5.74, 6) is 0. The number of aromatic nitrogens is 4. The van der Waals surface area contributed by atoms with Gasteiger partial charge in [-0.2, -0.15) is 0 Å². The molecule has 5 heteroatoms. The van der Waals surface area contributed by atoms with Gasteiger partial charge in [0, 0.05) is 18.9 Å². The van der Waals surface area contributed by atoms with E-state index in [-0.39, 0.29) is 6.04 Å². The minimum atomic E-state index is 0.0769. The van der Waals surface area contributed by atoms with Crippen LogP contribution >= 0.6 is 0 Å². The molecule has 0 radical (unpaired) electrons. The van der Waals surface area contributed by atoms with Crippen LogP contribution in [-0.2, 0) is 7.05 Å². The van der Waals surface area contributed by atoms with Crippen LogP contribution in [0.2, 0.25) is 0 Å². The molecule has 2 rings (SSSR count). The van der Waals surface area contributed by atoms with Crippen LogP contribution in [0.3, 0.4) is 0 Å². The van der Waals surface area contributed by atoms with Crippen LogP contribution in [0.4, 0.5) is 0 Å². The number of nitrogens with zero attached hydrogens (tertiary/aromatic N) is 4. The van der Waals surface area contributed by atoms with E-state index in [1.807, 2.05) is 33.3 Å². The SMILES string of the molecule is CNC(c1ccc(C)nc1)c1cnnn1C. The van der Waals surface area contributed by atoms with Gasteiger partial charge < -0.3 is 5.32 Å². The van der Waals surface area contributed by atoms with Crippen molar-refractivity contribution in [2.45, 2.75) is 13.0 Å². The van der Waals surface area contributed by atoms with Gasteiger partial charge in [0.05, 0.1) is 17.9 Å². The van der Waals surface area contributed by atoms with Crippen LogP contribution in [0, 0.1) is 6.92 Å². The molecule has 0 bridgehead atoms. The highest BCUT2D eigenvalue weighted by Gasteiger charge is 2.15. The van der Waals surface area contributed by atoms with Crippen LogP contribution in [0.25, 0.3) is 0 Å². The maximum atomic E-state index is 4.30. The van der Waals surface area contributed by atoms with Crippen molar-refractivity contribution in [2.24, 2.45) is 7.05 Å². The lowest BCUT2D eigenvalue weighted by Gasteiger charge is -2.15. The highest BCUT2D eigenvalue weighted by molar-refractivity contribution is 5.24. The zero-order valence-corrected chi connectivity index (χ0v) is 9.68. The lowest BCUT2D eigenvalue weighted by molar-refractivity contribution is 0.596. The molecule has 1 N–H and O–H groups in total. The van der Waals surface area contributed by atoms with Gasteiger partial charge in [-0.1, -0.05) is 11.3 Å². The van der Waals surface area contributed by atoms with Crippen LogP contribution < -0.4 is 5.32 Å². The topological polar surface area (TPSA) is 55.6 Å². The summed E-state index contributed by atoms with van der Waals surface area (Å²) < 4.78 is 1.76. The molecule has 0 saturated heterocycles. The van der Waals surface area contributed by atoms with Crippen LogP contribution in [-0.4, -0.2) is 27.0 Å². The molecule has 0 saturated carbocycles. The van der Waals surface area contributed by atoms with Crippen LogP contribution in [0.1, 0.15) is 23.0 Å². The lowest BCUT2D eigenvalue weighted by Crippen LogP contribution is -2.20. The molecule has 0 aromatic carbocycles. The molecule has 1 unspecified atom stereocenters. The molecule has 0 amide bonds. The molecule has 16 heavy (non-hydrogen) atoms. The lowest BCUT2D eigenvalue weighted by atomic mass is 10.1. The van der Waals surface area contributed by atoms with Gasteiger partial charge in [0.15, 0.2) is 0 Å². The van der Waals surface area contributed by atoms with E-state index in [0.717, 1.165) is 17.0 Å². The molecule has 1 atom stereocenters. The Morgan fingerprint density at radius 3 is 2.62 bits per heavy atom. The molecule has 0 aliphatic carbocycles. The normalized spacial score (nSPS) is 12.7. The number of pyridine rings is 1. The second kappa shape index (κ2) is 4.40. The third kappa shape index (κ3) is 1.94. The van der Waals surface area contributed by atoms with Crippen LogP contribution in [0.15, 0.2) is 24.5 Å². The van der Waals surface area contributed by atoms with Gasteiger partial charge in [0.2, 0.25) is 0 Å². The number of hydrogen-bond acceptors (Lipinski definition) is 4. The fourth-order valence-corrected chi connectivity index (χ4v) is 1.69. The molecule has 5 nitrogen and oxygen atoms in total. The van der Waals surface area contributed by atoms with E-state index < -0.39 is 0 Å². The second-order valence-corrected chi connectivity index (χ2v) is 3.74. The van der Waals surface area contributed by atoms with E-state index in [2.05, 4.69) is 26.7 Å². The average molecular weight is 217 g/mol. The predicted octanol–water partition coefficient (Wildman–Crippen LogP) is 0.827. The van der Waals surface area contributed by atoms with Crippen molar-refractivity contribution in [3.63, 3.8) is 0 Å². The van der Waals surface area contributed by atoms with Crippen molar-refractivity contribution >= 4 is 0 Å². The summed E-state index contributed by atoms with van der Waals surface area (Å²) in [6, 6.07) is 4.15. The first-order valence-electron chi connectivity index (χ1n) is 5.16. The largest absolute Gasteiger partial charge is 0.308 e. The summed E-state index contributed by atoms with van der Waals surface area (Å²) in [6.45, 7) is 1.98. The first-order valence-corrected chi connectivity index (χ1v) is 5.16.